The van der Waals surface area contributed by atoms with Crippen molar-refractivity contribution in [2.24, 2.45) is 11.8 Å². The van der Waals surface area contributed by atoms with Gasteiger partial charge in [-0.1, -0.05) is 6.92 Å². The Morgan fingerprint density at radius 1 is 1.38 bits per heavy atom. The number of carboxylic acid groups (broad SMARTS) is 1. The maximum atomic E-state index is 12.0. The summed E-state index contributed by atoms with van der Waals surface area (Å²) in [6, 6.07) is 0. The predicted molar refractivity (Wildman–Crippen MR) is 55.8 cm³/mol. The smallest absolute Gasteiger partial charge is 0.308 e. The van der Waals surface area contributed by atoms with Crippen LogP contribution in [0.1, 0.15) is 19.8 Å². The molecule has 1 amide bonds. The van der Waals surface area contributed by atoms with Crippen LogP contribution in [0.3, 0.4) is 0 Å². The summed E-state index contributed by atoms with van der Waals surface area (Å²) in [5, 5.41) is 8.98. The predicted octanol–water partition coefficient (Wildman–Crippen LogP) is 0.344. The maximum Gasteiger partial charge on any atom is 0.308 e. The largest absolute Gasteiger partial charge is 0.481 e. The first-order valence-corrected chi connectivity index (χ1v) is 5.73. The molecule has 3 atom stereocenters. The van der Waals surface area contributed by atoms with Gasteiger partial charge in [-0.2, -0.15) is 0 Å². The molecule has 2 unspecified atom stereocenters. The standard InChI is InChI=1S/C11H17NO4/c1-7-5-12(6-8(7)11(14)15)10(13)9-3-2-4-16-9/h7-9H,2-6H2,1H3,(H,14,15)/t7?,8?,9-/m0/s1. The first-order valence-electron chi connectivity index (χ1n) is 5.73. The lowest BCUT2D eigenvalue weighted by Gasteiger charge is -2.19. The fraction of sp³-hybridized carbons (Fsp3) is 0.818. The normalized spacial score (nSPS) is 34.3. The van der Waals surface area contributed by atoms with Crippen molar-refractivity contribution in [3.8, 4) is 0 Å². The summed E-state index contributed by atoms with van der Waals surface area (Å²) in [5.74, 6) is -1.24. The van der Waals surface area contributed by atoms with Crippen molar-refractivity contribution in [2.75, 3.05) is 19.7 Å². The van der Waals surface area contributed by atoms with Crippen molar-refractivity contribution in [2.45, 2.75) is 25.9 Å². The van der Waals surface area contributed by atoms with Crippen LogP contribution in [-0.2, 0) is 14.3 Å². The number of carbonyl (C=O) groups is 2. The summed E-state index contributed by atoms with van der Waals surface area (Å²) < 4.78 is 5.32. The van der Waals surface area contributed by atoms with Crippen LogP contribution in [0, 0.1) is 11.8 Å². The van der Waals surface area contributed by atoms with Gasteiger partial charge < -0.3 is 14.7 Å². The molecule has 16 heavy (non-hydrogen) atoms. The summed E-state index contributed by atoms with van der Waals surface area (Å²) in [7, 11) is 0. The summed E-state index contributed by atoms with van der Waals surface area (Å²) >= 11 is 0. The molecule has 1 N–H and O–H groups in total. The second kappa shape index (κ2) is 4.41. The first kappa shape index (κ1) is 11.4. The number of carbonyl (C=O) groups excluding carboxylic acids is 1. The van der Waals surface area contributed by atoms with Gasteiger partial charge in [-0.05, 0) is 18.8 Å². The second-order valence-electron chi connectivity index (χ2n) is 4.67. The third kappa shape index (κ3) is 2.04. The van der Waals surface area contributed by atoms with Crippen LogP contribution < -0.4 is 0 Å². The monoisotopic (exact) mass is 227 g/mol. The number of hydrogen-bond acceptors (Lipinski definition) is 3. The van der Waals surface area contributed by atoms with Crippen LogP contribution in [0.5, 0.6) is 0 Å². The van der Waals surface area contributed by atoms with Gasteiger partial charge in [0.15, 0.2) is 0 Å². The molecule has 0 saturated carbocycles. The van der Waals surface area contributed by atoms with Gasteiger partial charge in [0, 0.05) is 19.7 Å². The van der Waals surface area contributed by atoms with Gasteiger partial charge >= 0.3 is 5.97 Å². The zero-order valence-electron chi connectivity index (χ0n) is 9.39. The molecule has 2 fully saturated rings. The minimum absolute atomic E-state index is 0.0304. The van der Waals surface area contributed by atoms with Crippen molar-refractivity contribution in [3.63, 3.8) is 0 Å². The molecule has 0 spiro atoms. The topological polar surface area (TPSA) is 66.8 Å². The molecule has 5 heteroatoms. The minimum Gasteiger partial charge on any atom is -0.481 e. The first-order chi connectivity index (χ1) is 7.59. The maximum absolute atomic E-state index is 12.0. The van der Waals surface area contributed by atoms with Crippen LogP contribution in [0.25, 0.3) is 0 Å². The zero-order chi connectivity index (χ0) is 11.7. The molecular weight excluding hydrogens is 210 g/mol. The van der Waals surface area contributed by atoms with E-state index in [9.17, 15) is 9.59 Å². The Labute approximate surface area is 94.4 Å². The van der Waals surface area contributed by atoms with Gasteiger partial charge in [0.25, 0.3) is 5.91 Å². The van der Waals surface area contributed by atoms with Gasteiger partial charge in [0.05, 0.1) is 5.92 Å². The molecule has 0 aliphatic carbocycles. The van der Waals surface area contributed by atoms with E-state index in [0.29, 0.717) is 19.7 Å². The van der Waals surface area contributed by atoms with E-state index in [0.717, 1.165) is 12.8 Å². The zero-order valence-corrected chi connectivity index (χ0v) is 9.39. The summed E-state index contributed by atoms with van der Waals surface area (Å²) in [4.78, 5) is 24.5. The Morgan fingerprint density at radius 2 is 2.12 bits per heavy atom. The van der Waals surface area contributed by atoms with E-state index < -0.39 is 11.9 Å². The molecule has 0 bridgehead atoms. The highest BCUT2D eigenvalue weighted by molar-refractivity contribution is 5.82. The van der Waals surface area contributed by atoms with E-state index in [4.69, 9.17) is 9.84 Å². The molecule has 90 valence electrons. The molecule has 0 aromatic heterocycles. The van der Waals surface area contributed by atoms with Crippen molar-refractivity contribution in [1.29, 1.82) is 0 Å². The fourth-order valence-corrected chi connectivity index (χ4v) is 2.44. The molecular formula is C11H17NO4. The Hall–Kier alpha value is -1.10. The average Bonchev–Trinajstić information content (AvgIpc) is 2.84. The lowest BCUT2D eigenvalue weighted by molar-refractivity contribution is -0.143. The number of aliphatic carboxylic acids is 1. The van der Waals surface area contributed by atoms with E-state index >= 15 is 0 Å². The van der Waals surface area contributed by atoms with Crippen molar-refractivity contribution >= 4 is 11.9 Å². The second-order valence-corrected chi connectivity index (χ2v) is 4.67. The van der Waals surface area contributed by atoms with E-state index in [2.05, 4.69) is 0 Å². The molecule has 2 saturated heterocycles. The van der Waals surface area contributed by atoms with Crippen LogP contribution in [-0.4, -0.2) is 47.7 Å². The number of likely N-dealkylation sites (tertiary alicyclic amines) is 1. The number of hydrogen-bond donors (Lipinski definition) is 1. The molecule has 0 radical (unpaired) electrons. The highest BCUT2D eigenvalue weighted by Gasteiger charge is 2.39. The van der Waals surface area contributed by atoms with Gasteiger partial charge in [-0.3, -0.25) is 9.59 Å². The van der Waals surface area contributed by atoms with Crippen LogP contribution in [0.2, 0.25) is 0 Å². The SMILES string of the molecule is CC1CN(C(=O)[C@@H]2CCCO2)CC1C(=O)O. The van der Waals surface area contributed by atoms with Gasteiger partial charge in [-0.25, -0.2) is 0 Å². The van der Waals surface area contributed by atoms with Crippen LogP contribution >= 0.6 is 0 Å². The third-order valence-corrected chi connectivity index (χ3v) is 3.45. The molecule has 2 heterocycles. The fourth-order valence-electron chi connectivity index (χ4n) is 2.44. The average molecular weight is 227 g/mol. The summed E-state index contributed by atoms with van der Waals surface area (Å²) in [6.07, 6.45) is 1.35. The van der Waals surface area contributed by atoms with Gasteiger partial charge in [0.1, 0.15) is 6.10 Å². The van der Waals surface area contributed by atoms with Crippen LogP contribution in [0.15, 0.2) is 0 Å². The number of amides is 1. The number of carboxylic acids is 1. The number of nitrogens with zero attached hydrogens (tertiary/aromatic N) is 1. The molecule has 5 nitrogen and oxygen atoms in total. The third-order valence-electron chi connectivity index (χ3n) is 3.45. The van der Waals surface area contributed by atoms with Crippen molar-refractivity contribution < 1.29 is 19.4 Å². The highest BCUT2D eigenvalue weighted by atomic mass is 16.5. The van der Waals surface area contributed by atoms with Crippen LogP contribution in [0.4, 0.5) is 0 Å². The number of rotatable bonds is 2. The summed E-state index contributed by atoms with van der Waals surface area (Å²) in [5.41, 5.74) is 0. The molecule has 0 aromatic carbocycles. The molecule has 2 rings (SSSR count). The highest BCUT2D eigenvalue weighted by Crippen LogP contribution is 2.25. The van der Waals surface area contributed by atoms with Gasteiger partial charge in [-0.15, -0.1) is 0 Å². The minimum atomic E-state index is -0.810. The van der Waals surface area contributed by atoms with E-state index in [-0.39, 0.29) is 17.9 Å². The summed E-state index contributed by atoms with van der Waals surface area (Å²) in [6.45, 7) is 3.38. The molecule has 2 aliphatic heterocycles. The van der Waals surface area contributed by atoms with E-state index in [1.807, 2.05) is 6.92 Å². The van der Waals surface area contributed by atoms with Crippen molar-refractivity contribution in [3.05, 3.63) is 0 Å². The molecule has 2 aliphatic rings. The van der Waals surface area contributed by atoms with Crippen molar-refractivity contribution in [1.82, 2.24) is 4.90 Å². The lowest BCUT2D eigenvalue weighted by atomic mass is 9.99. The van der Waals surface area contributed by atoms with E-state index in [1.54, 1.807) is 4.90 Å². The molecule has 0 aromatic rings. The number of ether oxygens (including phenoxy) is 1. The quantitative estimate of drug-likeness (QED) is 0.739. The van der Waals surface area contributed by atoms with E-state index in [1.165, 1.54) is 0 Å². The lowest BCUT2D eigenvalue weighted by Crippen LogP contribution is -2.37. The Morgan fingerprint density at radius 3 is 2.62 bits per heavy atom. The Balaban J connectivity index is 1.96. The van der Waals surface area contributed by atoms with Gasteiger partial charge in [0.2, 0.25) is 0 Å². The Bertz CT molecular complexity index is 298. The Kier molecular flexibility index (Phi) is 3.14.